The molecule has 2 fully saturated rings. The molecule has 3 rings (SSSR count). The first-order chi connectivity index (χ1) is 10.0. The Hall–Kier alpha value is -1.66. The van der Waals surface area contributed by atoms with Crippen molar-refractivity contribution in [2.24, 2.45) is 0 Å². The van der Waals surface area contributed by atoms with Crippen LogP contribution in [0.5, 0.6) is 0 Å². The fourth-order valence-electron chi connectivity index (χ4n) is 3.30. The molecule has 2 unspecified atom stereocenters. The maximum absolute atomic E-state index is 12.6. The van der Waals surface area contributed by atoms with Crippen molar-refractivity contribution in [1.82, 2.24) is 10.2 Å². The summed E-state index contributed by atoms with van der Waals surface area (Å²) in [6.45, 7) is 3.15. The molecule has 0 spiro atoms. The molecule has 1 aromatic carbocycles. The summed E-state index contributed by atoms with van der Waals surface area (Å²) >= 11 is 0. The molecule has 0 radical (unpaired) electrons. The normalized spacial score (nSPS) is 23.6. The van der Waals surface area contributed by atoms with E-state index in [2.05, 4.69) is 5.32 Å². The molecule has 0 aliphatic carbocycles. The van der Waals surface area contributed by atoms with Gasteiger partial charge in [0.1, 0.15) is 0 Å². The number of nitrogens with zero attached hydrogens (tertiary/aromatic N) is 2. The Morgan fingerprint density at radius 3 is 2.73 bits per heavy atom. The molecule has 2 bridgehead atoms. The van der Waals surface area contributed by atoms with Crippen molar-refractivity contribution < 1.29 is 9.72 Å². The molecule has 2 aliphatic rings. The fraction of sp³-hybridized carbons (Fsp3) is 0.533. The third kappa shape index (κ3) is 3.23. The van der Waals surface area contributed by atoms with Crippen LogP contribution in [-0.4, -0.2) is 40.9 Å². The van der Waals surface area contributed by atoms with Crippen molar-refractivity contribution >= 4 is 24.0 Å². The van der Waals surface area contributed by atoms with Crippen molar-refractivity contribution in [3.63, 3.8) is 0 Å². The lowest BCUT2D eigenvalue weighted by molar-refractivity contribution is -0.385. The second-order valence-corrected chi connectivity index (χ2v) is 5.94. The number of rotatable bonds is 2. The molecule has 2 aliphatic heterocycles. The molecule has 2 saturated heterocycles. The number of amides is 1. The van der Waals surface area contributed by atoms with Gasteiger partial charge in [-0.1, -0.05) is 0 Å². The lowest BCUT2D eigenvalue weighted by Gasteiger charge is -2.24. The van der Waals surface area contributed by atoms with Gasteiger partial charge in [0.05, 0.1) is 4.92 Å². The van der Waals surface area contributed by atoms with E-state index in [0.29, 0.717) is 23.2 Å². The lowest BCUT2D eigenvalue weighted by Crippen LogP contribution is -2.39. The molecule has 6 nitrogen and oxygen atoms in total. The van der Waals surface area contributed by atoms with E-state index in [1.54, 1.807) is 19.1 Å². The average molecular weight is 326 g/mol. The number of carbonyl (C=O) groups excluding carboxylic acids is 1. The smallest absolute Gasteiger partial charge is 0.272 e. The van der Waals surface area contributed by atoms with E-state index in [-0.39, 0.29) is 24.0 Å². The molecule has 2 heterocycles. The number of nitro benzene ring substituents is 1. The molecule has 0 saturated carbocycles. The van der Waals surface area contributed by atoms with Crippen LogP contribution in [0, 0.1) is 17.0 Å². The van der Waals surface area contributed by atoms with Gasteiger partial charge in [0, 0.05) is 42.4 Å². The first-order valence-electron chi connectivity index (χ1n) is 7.35. The topological polar surface area (TPSA) is 75.5 Å². The minimum absolute atomic E-state index is 0. The number of carbonyl (C=O) groups is 1. The molecule has 0 aromatic heterocycles. The molecular weight excluding hydrogens is 306 g/mol. The average Bonchev–Trinajstić information content (AvgIpc) is 2.77. The predicted molar refractivity (Wildman–Crippen MR) is 85.5 cm³/mol. The number of hydrogen-bond acceptors (Lipinski definition) is 4. The minimum Gasteiger partial charge on any atom is -0.337 e. The highest BCUT2D eigenvalue weighted by Gasteiger charge is 2.31. The predicted octanol–water partition coefficient (Wildman–Crippen LogP) is 2.29. The Kier molecular flexibility index (Phi) is 5.03. The fourth-order valence-corrected chi connectivity index (χ4v) is 3.30. The maximum Gasteiger partial charge on any atom is 0.272 e. The van der Waals surface area contributed by atoms with Crippen LogP contribution in [0.15, 0.2) is 18.2 Å². The van der Waals surface area contributed by atoms with Crippen molar-refractivity contribution in [3.05, 3.63) is 39.4 Å². The van der Waals surface area contributed by atoms with Crippen LogP contribution in [0.3, 0.4) is 0 Å². The van der Waals surface area contributed by atoms with E-state index in [9.17, 15) is 14.9 Å². The Labute approximate surface area is 135 Å². The summed E-state index contributed by atoms with van der Waals surface area (Å²) < 4.78 is 0. The van der Waals surface area contributed by atoms with Gasteiger partial charge in [-0.15, -0.1) is 12.4 Å². The van der Waals surface area contributed by atoms with Crippen molar-refractivity contribution in [2.45, 2.75) is 38.3 Å². The Morgan fingerprint density at radius 1 is 1.32 bits per heavy atom. The molecule has 22 heavy (non-hydrogen) atoms. The van der Waals surface area contributed by atoms with Gasteiger partial charge < -0.3 is 10.2 Å². The largest absolute Gasteiger partial charge is 0.337 e. The van der Waals surface area contributed by atoms with Crippen LogP contribution in [0.2, 0.25) is 0 Å². The van der Waals surface area contributed by atoms with Gasteiger partial charge in [0.15, 0.2) is 0 Å². The van der Waals surface area contributed by atoms with Gasteiger partial charge >= 0.3 is 0 Å². The van der Waals surface area contributed by atoms with Crippen LogP contribution in [0.1, 0.15) is 35.2 Å². The van der Waals surface area contributed by atoms with Crippen molar-refractivity contribution in [1.29, 1.82) is 0 Å². The monoisotopic (exact) mass is 325 g/mol. The van der Waals surface area contributed by atoms with Crippen molar-refractivity contribution in [2.75, 3.05) is 13.1 Å². The maximum atomic E-state index is 12.6. The van der Waals surface area contributed by atoms with Gasteiger partial charge in [-0.3, -0.25) is 14.9 Å². The Morgan fingerprint density at radius 2 is 2.05 bits per heavy atom. The van der Waals surface area contributed by atoms with Gasteiger partial charge in [-0.2, -0.15) is 0 Å². The molecule has 1 N–H and O–H groups in total. The summed E-state index contributed by atoms with van der Waals surface area (Å²) in [6.07, 6.45) is 3.30. The molecule has 120 valence electrons. The number of halogens is 1. The SMILES string of the molecule is Cc1cc(C(=O)N2CCC3CCC(C2)N3)ccc1[N+](=O)[O-].Cl. The van der Waals surface area contributed by atoms with Gasteiger partial charge in [-0.05, 0) is 38.3 Å². The molecule has 2 atom stereocenters. The van der Waals surface area contributed by atoms with Gasteiger partial charge in [0.2, 0.25) is 0 Å². The number of aryl methyl sites for hydroxylation is 1. The first kappa shape index (κ1) is 16.7. The number of hydrogen-bond donors (Lipinski definition) is 1. The van der Waals surface area contributed by atoms with E-state index < -0.39 is 4.92 Å². The summed E-state index contributed by atoms with van der Waals surface area (Å²) in [5.74, 6) is -0.0256. The Bertz CT molecular complexity index is 593. The van der Waals surface area contributed by atoms with Crippen LogP contribution in [0.4, 0.5) is 5.69 Å². The summed E-state index contributed by atoms with van der Waals surface area (Å²) in [7, 11) is 0. The second-order valence-electron chi connectivity index (χ2n) is 5.94. The Balaban J connectivity index is 0.00000176. The highest BCUT2D eigenvalue weighted by Crippen LogP contribution is 2.23. The van der Waals surface area contributed by atoms with Crippen molar-refractivity contribution in [3.8, 4) is 0 Å². The lowest BCUT2D eigenvalue weighted by atomic mass is 10.1. The van der Waals surface area contributed by atoms with Crippen LogP contribution < -0.4 is 5.32 Å². The number of likely N-dealkylation sites (tertiary alicyclic amines) is 1. The second kappa shape index (κ2) is 6.62. The van der Waals surface area contributed by atoms with Crippen LogP contribution in [-0.2, 0) is 0 Å². The number of nitro groups is 1. The van der Waals surface area contributed by atoms with Gasteiger partial charge in [0.25, 0.3) is 11.6 Å². The highest BCUT2D eigenvalue weighted by atomic mass is 35.5. The molecular formula is C15H20ClN3O3. The highest BCUT2D eigenvalue weighted by molar-refractivity contribution is 5.94. The van der Waals surface area contributed by atoms with Crippen LogP contribution >= 0.6 is 12.4 Å². The van der Waals surface area contributed by atoms with Crippen LogP contribution in [0.25, 0.3) is 0 Å². The van der Waals surface area contributed by atoms with E-state index in [4.69, 9.17) is 0 Å². The first-order valence-corrected chi connectivity index (χ1v) is 7.35. The van der Waals surface area contributed by atoms with E-state index in [0.717, 1.165) is 25.9 Å². The zero-order valence-corrected chi connectivity index (χ0v) is 13.3. The third-order valence-corrected chi connectivity index (χ3v) is 4.45. The zero-order chi connectivity index (χ0) is 15.0. The standard InChI is InChI=1S/C15H19N3O3.ClH/c1-10-8-11(2-5-14(10)18(20)21)15(19)17-7-6-12-3-4-13(9-17)16-12;/h2,5,8,12-13,16H,3-4,6-7,9H2,1H3;1H. The van der Waals surface area contributed by atoms with E-state index >= 15 is 0 Å². The summed E-state index contributed by atoms with van der Waals surface area (Å²) in [6, 6.07) is 5.53. The van der Waals surface area contributed by atoms with E-state index in [1.807, 2.05) is 4.90 Å². The molecule has 7 heteroatoms. The minimum atomic E-state index is -0.418. The number of fused-ring (bicyclic) bond motifs is 2. The molecule has 1 aromatic rings. The third-order valence-electron chi connectivity index (χ3n) is 4.45. The summed E-state index contributed by atoms with van der Waals surface area (Å²) in [4.78, 5) is 24.9. The van der Waals surface area contributed by atoms with E-state index in [1.165, 1.54) is 12.5 Å². The quantitative estimate of drug-likeness (QED) is 0.668. The number of nitrogens with one attached hydrogen (secondary N) is 1. The summed E-state index contributed by atoms with van der Waals surface area (Å²) in [5.41, 5.74) is 1.12. The zero-order valence-electron chi connectivity index (χ0n) is 12.4. The molecule has 1 amide bonds. The number of benzene rings is 1. The van der Waals surface area contributed by atoms with Gasteiger partial charge in [-0.25, -0.2) is 0 Å². The summed E-state index contributed by atoms with van der Waals surface area (Å²) in [5, 5.41) is 14.4.